The third-order valence-electron chi connectivity index (χ3n) is 2.51. The number of aliphatic imine (C=N–C) groups is 1. The highest BCUT2D eigenvalue weighted by Crippen LogP contribution is 2.17. The molecule has 0 heterocycles. The number of rotatable bonds is 8. The fraction of sp³-hybridized carbons (Fsp3) is 0.750. The summed E-state index contributed by atoms with van der Waals surface area (Å²) in [6.07, 6.45) is 1.69. The van der Waals surface area contributed by atoms with Crippen LogP contribution < -0.4 is 11.5 Å². The Morgan fingerprint density at radius 3 is 2.24 bits per heavy atom. The second kappa shape index (κ2) is 7.81. The van der Waals surface area contributed by atoms with E-state index in [4.69, 9.17) is 11.5 Å². The van der Waals surface area contributed by atoms with E-state index in [-0.39, 0.29) is 29.4 Å². The molecule has 0 aliphatic rings. The number of carbonyl (C=O) groups is 2. The minimum Gasteiger partial charge on any atom is -0.370 e. The maximum atomic E-state index is 11.9. The fourth-order valence-electron chi connectivity index (χ4n) is 1.71. The monoisotopic (exact) mass is 241 g/mol. The topological polar surface area (TPSA) is 98.5 Å². The summed E-state index contributed by atoms with van der Waals surface area (Å²) in [4.78, 5) is 26.8. The number of hydrogen-bond acceptors (Lipinski definition) is 3. The Balaban J connectivity index is 4.25. The van der Waals surface area contributed by atoms with E-state index in [9.17, 15) is 9.59 Å². The zero-order valence-corrected chi connectivity index (χ0v) is 10.9. The van der Waals surface area contributed by atoms with Gasteiger partial charge >= 0.3 is 0 Å². The second-order valence-electron chi connectivity index (χ2n) is 4.61. The van der Waals surface area contributed by atoms with E-state index < -0.39 is 0 Å². The lowest BCUT2D eigenvalue weighted by atomic mass is 9.87. The first-order valence-electron chi connectivity index (χ1n) is 5.93. The number of ketones is 2. The Kier molecular flexibility index (Phi) is 7.18. The van der Waals surface area contributed by atoms with Crippen molar-refractivity contribution in [1.29, 1.82) is 0 Å². The summed E-state index contributed by atoms with van der Waals surface area (Å²) in [6.45, 7) is 5.72. The first-order chi connectivity index (χ1) is 7.84. The first-order valence-corrected chi connectivity index (χ1v) is 5.93. The summed E-state index contributed by atoms with van der Waals surface area (Å²) in [5, 5.41) is 0. The third kappa shape index (κ3) is 7.49. The molecule has 0 aromatic heterocycles. The number of hydrogen-bond donors (Lipinski definition) is 2. The van der Waals surface area contributed by atoms with Crippen molar-refractivity contribution in [1.82, 2.24) is 0 Å². The molecule has 98 valence electrons. The summed E-state index contributed by atoms with van der Waals surface area (Å²) in [5.74, 6) is 0.0168. The van der Waals surface area contributed by atoms with Gasteiger partial charge in [0.25, 0.3) is 0 Å². The second-order valence-corrected chi connectivity index (χ2v) is 4.61. The van der Waals surface area contributed by atoms with Gasteiger partial charge in [-0.1, -0.05) is 13.8 Å². The van der Waals surface area contributed by atoms with Crippen LogP contribution >= 0.6 is 0 Å². The molecule has 4 N–H and O–H groups in total. The van der Waals surface area contributed by atoms with Crippen molar-refractivity contribution in [3.05, 3.63) is 0 Å². The standard InChI is InChI=1S/C12H23N3O2/c1-8(2)11(17)10(7-9(3)16)5-4-6-15-12(13)14/h8,10H,4-7H2,1-3H3,(H4,13,14,15). The van der Waals surface area contributed by atoms with E-state index in [1.807, 2.05) is 13.8 Å². The Hall–Kier alpha value is -1.39. The average molecular weight is 241 g/mol. The predicted molar refractivity (Wildman–Crippen MR) is 68.5 cm³/mol. The molecule has 0 saturated heterocycles. The number of nitrogens with zero attached hydrogens (tertiary/aromatic N) is 1. The summed E-state index contributed by atoms with van der Waals surface area (Å²) in [5.41, 5.74) is 10.4. The molecule has 0 fully saturated rings. The molecule has 0 saturated carbocycles. The van der Waals surface area contributed by atoms with Gasteiger partial charge in [-0.2, -0.15) is 0 Å². The number of carbonyl (C=O) groups excluding carboxylic acids is 2. The largest absolute Gasteiger partial charge is 0.370 e. The number of Topliss-reactive ketones (excluding diaryl/α,β-unsaturated/α-hetero) is 2. The maximum absolute atomic E-state index is 11.9. The Morgan fingerprint density at radius 1 is 1.24 bits per heavy atom. The Labute approximate surface area is 103 Å². The van der Waals surface area contributed by atoms with Gasteiger partial charge in [0.05, 0.1) is 0 Å². The lowest BCUT2D eigenvalue weighted by molar-refractivity contribution is -0.129. The van der Waals surface area contributed by atoms with E-state index in [2.05, 4.69) is 4.99 Å². The van der Waals surface area contributed by atoms with E-state index in [1.165, 1.54) is 6.92 Å². The molecule has 0 aromatic carbocycles. The summed E-state index contributed by atoms with van der Waals surface area (Å²) in [7, 11) is 0. The molecule has 0 aliphatic carbocycles. The van der Waals surface area contributed by atoms with Crippen molar-refractivity contribution >= 4 is 17.5 Å². The van der Waals surface area contributed by atoms with Gasteiger partial charge in [-0.3, -0.25) is 9.79 Å². The van der Waals surface area contributed by atoms with Gasteiger partial charge in [-0.05, 0) is 19.8 Å². The molecule has 0 aromatic rings. The van der Waals surface area contributed by atoms with Crippen molar-refractivity contribution in [2.45, 2.75) is 40.0 Å². The third-order valence-corrected chi connectivity index (χ3v) is 2.51. The minimum atomic E-state index is -0.193. The Bertz CT molecular complexity index is 294. The van der Waals surface area contributed by atoms with Crippen molar-refractivity contribution in [3.8, 4) is 0 Å². The molecule has 17 heavy (non-hydrogen) atoms. The summed E-state index contributed by atoms with van der Waals surface area (Å²) < 4.78 is 0. The van der Waals surface area contributed by atoms with Crippen LogP contribution in [0, 0.1) is 11.8 Å². The molecule has 1 atom stereocenters. The lowest BCUT2D eigenvalue weighted by Gasteiger charge is -2.16. The van der Waals surface area contributed by atoms with E-state index in [0.29, 0.717) is 25.8 Å². The van der Waals surface area contributed by atoms with Gasteiger partial charge in [0.2, 0.25) is 0 Å². The van der Waals surface area contributed by atoms with Crippen LogP contribution in [-0.2, 0) is 9.59 Å². The zero-order valence-electron chi connectivity index (χ0n) is 10.9. The highest BCUT2D eigenvalue weighted by atomic mass is 16.1. The highest BCUT2D eigenvalue weighted by Gasteiger charge is 2.22. The SMILES string of the molecule is CC(=O)CC(CCCN=C(N)N)C(=O)C(C)C. The smallest absolute Gasteiger partial charge is 0.185 e. The average Bonchev–Trinajstić information content (AvgIpc) is 2.20. The summed E-state index contributed by atoms with van der Waals surface area (Å²) >= 11 is 0. The van der Waals surface area contributed by atoms with Gasteiger partial charge in [0, 0.05) is 24.8 Å². The van der Waals surface area contributed by atoms with Gasteiger partial charge < -0.3 is 16.3 Å². The molecular formula is C12H23N3O2. The molecule has 5 heteroatoms. The molecular weight excluding hydrogens is 218 g/mol. The van der Waals surface area contributed by atoms with E-state index >= 15 is 0 Å². The normalized spacial score (nSPS) is 12.2. The molecule has 0 radical (unpaired) electrons. The molecule has 0 spiro atoms. The van der Waals surface area contributed by atoms with E-state index in [1.54, 1.807) is 0 Å². The van der Waals surface area contributed by atoms with Crippen LogP contribution in [0.5, 0.6) is 0 Å². The highest BCUT2D eigenvalue weighted by molar-refractivity contribution is 5.88. The van der Waals surface area contributed by atoms with Crippen LogP contribution in [0.4, 0.5) is 0 Å². The fourth-order valence-corrected chi connectivity index (χ4v) is 1.71. The maximum Gasteiger partial charge on any atom is 0.185 e. The van der Waals surface area contributed by atoms with Crippen LogP contribution in [-0.4, -0.2) is 24.1 Å². The summed E-state index contributed by atoms with van der Waals surface area (Å²) in [6, 6.07) is 0. The Morgan fingerprint density at radius 2 is 1.82 bits per heavy atom. The molecule has 0 rings (SSSR count). The van der Waals surface area contributed by atoms with Crippen LogP contribution in [0.15, 0.2) is 4.99 Å². The molecule has 1 unspecified atom stereocenters. The van der Waals surface area contributed by atoms with Crippen LogP contribution in [0.3, 0.4) is 0 Å². The first kappa shape index (κ1) is 15.6. The van der Waals surface area contributed by atoms with Crippen molar-refractivity contribution in [3.63, 3.8) is 0 Å². The molecule has 0 aliphatic heterocycles. The van der Waals surface area contributed by atoms with Gasteiger partial charge in [-0.15, -0.1) is 0 Å². The number of nitrogens with two attached hydrogens (primary N) is 2. The van der Waals surface area contributed by atoms with Crippen molar-refractivity contribution in [2.75, 3.05) is 6.54 Å². The van der Waals surface area contributed by atoms with Crippen LogP contribution in [0.1, 0.15) is 40.0 Å². The van der Waals surface area contributed by atoms with E-state index in [0.717, 1.165) is 0 Å². The van der Waals surface area contributed by atoms with Gasteiger partial charge in [0.15, 0.2) is 5.96 Å². The van der Waals surface area contributed by atoms with Gasteiger partial charge in [0.1, 0.15) is 11.6 Å². The van der Waals surface area contributed by atoms with Crippen LogP contribution in [0.25, 0.3) is 0 Å². The van der Waals surface area contributed by atoms with Crippen molar-refractivity contribution < 1.29 is 9.59 Å². The molecule has 0 amide bonds. The zero-order chi connectivity index (χ0) is 13.4. The molecule has 5 nitrogen and oxygen atoms in total. The van der Waals surface area contributed by atoms with Gasteiger partial charge in [-0.25, -0.2) is 0 Å². The molecule has 0 bridgehead atoms. The number of guanidine groups is 1. The van der Waals surface area contributed by atoms with Crippen LogP contribution in [0.2, 0.25) is 0 Å². The lowest BCUT2D eigenvalue weighted by Crippen LogP contribution is -2.24. The minimum absolute atomic E-state index is 0.0394. The van der Waals surface area contributed by atoms with Crippen molar-refractivity contribution in [2.24, 2.45) is 28.3 Å². The predicted octanol–water partition coefficient (Wildman–Crippen LogP) is 0.860. The quantitative estimate of drug-likeness (QED) is 0.374.